The predicted octanol–water partition coefficient (Wildman–Crippen LogP) is 2.63. The number of carboxylic acid groups (broad SMARTS) is 1. The topological polar surface area (TPSA) is 103 Å². The van der Waals surface area contributed by atoms with Gasteiger partial charge in [0.25, 0.3) is 0 Å². The summed E-state index contributed by atoms with van der Waals surface area (Å²) >= 11 is 0. The number of aromatic nitrogens is 1. The number of fused-ring (bicyclic) bond motifs is 1. The number of nitrogens with zero attached hydrogens (tertiary/aromatic N) is 1. The molecule has 0 unspecified atom stereocenters. The average molecular weight is 324 g/mol. The van der Waals surface area contributed by atoms with Gasteiger partial charge >= 0.3 is 5.97 Å². The number of carboxylic acids is 1. The summed E-state index contributed by atoms with van der Waals surface area (Å²) in [7, 11) is 0. The zero-order valence-corrected chi connectivity index (χ0v) is 12.7. The van der Waals surface area contributed by atoms with Gasteiger partial charge in [-0.3, -0.25) is 0 Å². The van der Waals surface area contributed by atoms with Crippen LogP contribution in [-0.4, -0.2) is 26.3 Å². The summed E-state index contributed by atoms with van der Waals surface area (Å²) in [6, 6.07) is 14.2. The maximum atomic E-state index is 11.0. The third-order valence-electron chi connectivity index (χ3n) is 3.65. The number of rotatable bonds is 5. The lowest BCUT2D eigenvalue weighted by Crippen LogP contribution is -2.12. The van der Waals surface area contributed by atoms with Gasteiger partial charge in [-0.2, -0.15) is 0 Å². The minimum absolute atomic E-state index is 0.0687. The second kappa shape index (κ2) is 6.55. The van der Waals surface area contributed by atoms with Crippen LogP contribution in [0.3, 0.4) is 0 Å². The van der Waals surface area contributed by atoms with E-state index in [0.29, 0.717) is 18.5 Å². The molecular weight excluding hydrogens is 308 g/mol. The van der Waals surface area contributed by atoms with Crippen LogP contribution in [0.4, 0.5) is 0 Å². The molecule has 24 heavy (non-hydrogen) atoms. The molecule has 3 rings (SSSR count). The standard InChI is InChI=1S/C18H16N2O4/c21-15-8-14(18(23)24)20-17-13(15)6-12(7-16(17)22)10-19-9-11-4-2-1-3-5-11/h1-8,19,22H,9-10H2,(H,20,21)(H,23,24). The molecule has 3 aromatic rings. The fourth-order valence-corrected chi connectivity index (χ4v) is 2.51. The fourth-order valence-electron chi connectivity index (χ4n) is 2.51. The first-order chi connectivity index (χ1) is 11.5. The summed E-state index contributed by atoms with van der Waals surface area (Å²) < 4.78 is 0. The molecule has 0 spiro atoms. The van der Waals surface area contributed by atoms with Gasteiger partial charge in [0.15, 0.2) is 5.69 Å². The van der Waals surface area contributed by atoms with E-state index in [-0.39, 0.29) is 22.7 Å². The highest BCUT2D eigenvalue weighted by Gasteiger charge is 2.14. The zero-order valence-electron chi connectivity index (χ0n) is 12.7. The summed E-state index contributed by atoms with van der Waals surface area (Å²) in [5.41, 5.74) is 1.65. The van der Waals surface area contributed by atoms with E-state index < -0.39 is 5.97 Å². The Morgan fingerprint density at radius 3 is 2.38 bits per heavy atom. The van der Waals surface area contributed by atoms with Gasteiger partial charge in [0.1, 0.15) is 17.0 Å². The summed E-state index contributed by atoms with van der Waals surface area (Å²) in [6.45, 7) is 1.15. The van der Waals surface area contributed by atoms with Gasteiger partial charge in [-0.05, 0) is 23.3 Å². The van der Waals surface area contributed by atoms with Gasteiger partial charge in [-0.1, -0.05) is 30.3 Å². The van der Waals surface area contributed by atoms with Crippen LogP contribution < -0.4 is 5.32 Å². The third kappa shape index (κ3) is 3.28. The van der Waals surface area contributed by atoms with Crippen molar-refractivity contribution in [2.24, 2.45) is 0 Å². The highest BCUT2D eigenvalue weighted by molar-refractivity contribution is 5.95. The first-order valence-corrected chi connectivity index (χ1v) is 7.38. The van der Waals surface area contributed by atoms with Crippen LogP contribution in [0.1, 0.15) is 21.6 Å². The SMILES string of the molecule is O=C(O)c1cc(O)c2cc(CNCc3ccccc3)cc(O)c2n1. The quantitative estimate of drug-likeness (QED) is 0.575. The number of hydrogen-bond acceptors (Lipinski definition) is 5. The van der Waals surface area contributed by atoms with Crippen molar-refractivity contribution in [1.82, 2.24) is 10.3 Å². The number of benzene rings is 2. The second-order valence-electron chi connectivity index (χ2n) is 5.43. The molecule has 0 atom stereocenters. The third-order valence-corrected chi connectivity index (χ3v) is 3.65. The number of pyridine rings is 1. The van der Waals surface area contributed by atoms with Crippen LogP contribution >= 0.6 is 0 Å². The average Bonchev–Trinajstić information content (AvgIpc) is 2.56. The van der Waals surface area contributed by atoms with E-state index in [1.807, 2.05) is 30.3 Å². The van der Waals surface area contributed by atoms with E-state index in [1.54, 1.807) is 6.07 Å². The molecule has 1 heterocycles. The van der Waals surface area contributed by atoms with Crippen molar-refractivity contribution < 1.29 is 20.1 Å². The maximum Gasteiger partial charge on any atom is 0.354 e. The second-order valence-corrected chi connectivity index (χ2v) is 5.43. The van der Waals surface area contributed by atoms with Crippen LogP contribution in [0.25, 0.3) is 10.9 Å². The lowest BCUT2D eigenvalue weighted by molar-refractivity contribution is 0.0690. The Bertz CT molecular complexity index is 894. The van der Waals surface area contributed by atoms with Gasteiger partial charge in [0, 0.05) is 24.5 Å². The van der Waals surface area contributed by atoms with Crippen LogP contribution in [-0.2, 0) is 13.1 Å². The van der Waals surface area contributed by atoms with Crippen molar-refractivity contribution in [3.8, 4) is 11.5 Å². The fraction of sp³-hybridized carbons (Fsp3) is 0.111. The molecule has 0 aliphatic carbocycles. The lowest BCUT2D eigenvalue weighted by atomic mass is 10.1. The first kappa shape index (κ1) is 15.8. The summed E-state index contributed by atoms with van der Waals surface area (Å²) in [6.07, 6.45) is 0. The molecule has 0 radical (unpaired) electrons. The van der Waals surface area contributed by atoms with Gasteiger partial charge in [0.2, 0.25) is 0 Å². The predicted molar refractivity (Wildman–Crippen MR) is 89.0 cm³/mol. The highest BCUT2D eigenvalue weighted by atomic mass is 16.4. The number of carbonyl (C=O) groups is 1. The summed E-state index contributed by atoms with van der Waals surface area (Å²) in [5, 5.41) is 32.7. The minimum Gasteiger partial charge on any atom is -0.507 e. The van der Waals surface area contributed by atoms with Crippen LogP contribution in [0.15, 0.2) is 48.5 Å². The Balaban J connectivity index is 1.84. The van der Waals surface area contributed by atoms with E-state index in [9.17, 15) is 15.0 Å². The summed E-state index contributed by atoms with van der Waals surface area (Å²) in [4.78, 5) is 14.9. The van der Waals surface area contributed by atoms with E-state index in [4.69, 9.17) is 5.11 Å². The molecule has 0 fully saturated rings. The van der Waals surface area contributed by atoms with Gasteiger partial charge in [-0.15, -0.1) is 0 Å². The molecule has 4 N–H and O–H groups in total. The summed E-state index contributed by atoms with van der Waals surface area (Å²) in [5.74, 6) is -1.65. The van der Waals surface area contributed by atoms with Crippen LogP contribution in [0.5, 0.6) is 11.5 Å². The zero-order chi connectivity index (χ0) is 17.1. The number of aromatic hydroxyl groups is 2. The van der Waals surface area contributed by atoms with Crippen molar-refractivity contribution in [3.63, 3.8) is 0 Å². The van der Waals surface area contributed by atoms with E-state index in [0.717, 1.165) is 17.2 Å². The van der Waals surface area contributed by atoms with Crippen molar-refractivity contribution in [2.75, 3.05) is 0 Å². The number of phenols is 1. The van der Waals surface area contributed by atoms with E-state index in [2.05, 4.69) is 10.3 Å². The Kier molecular flexibility index (Phi) is 4.31. The Morgan fingerprint density at radius 1 is 0.958 bits per heavy atom. The molecule has 0 saturated carbocycles. The van der Waals surface area contributed by atoms with E-state index in [1.165, 1.54) is 6.07 Å². The molecule has 0 amide bonds. The largest absolute Gasteiger partial charge is 0.507 e. The molecule has 6 nitrogen and oxygen atoms in total. The molecule has 0 bridgehead atoms. The van der Waals surface area contributed by atoms with Gasteiger partial charge in [0.05, 0.1) is 0 Å². The van der Waals surface area contributed by atoms with Crippen molar-refractivity contribution in [3.05, 3.63) is 65.4 Å². The van der Waals surface area contributed by atoms with Crippen molar-refractivity contribution in [1.29, 1.82) is 0 Å². The molecule has 0 aliphatic rings. The first-order valence-electron chi connectivity index (χ1n) is 7.38. The molecule has 1 aromatic heterocycles. The number of phenolic OH excluding ortho intramolecular Hbond substituents is 1. The number of aromatic carboxylic acids is 1. The normalized spacial score (nSPS) is 10.8. The Labute approximate surface area is 138 Å². The molecular formula is C18H16N2O4. The maximum absolute atomic E-state index is 11.0. The number of nitrogens with one attached hydrogen (secondary N) is 1. The molecule has 0 aliphatic heterocycles. The van der Waals surface area contributed by atoms with Gasteiger partial charge < -0.3 is 20.6 Å². The molecule has 122 valence electrons. The molecule has 2 aromatic carbocycles. The lowest BCUT2D eigenvalue weighted by Gasteiger charge is -2.09. The number of hydrogen-bond donors (Lipinski definition) is 4. The Morgan fingerprint density at radius 2 is 1.67 bits per heavy atom. The van der Waals surface area contributed by atoms with Crippen LogP contribution in [0, 0.1) is 0 Å². The van der Waals surface area contributed by atoms with Crippen molar-refractivity contribution in [2.45, 2.75) is 13.1 Å². The van der Waals surface area contributed by atoms with Crippen LogP contribution in [0.2, 0.25) is 0 Å². The minimum atomic E-state index is -1.26. The molecule has 6 heteroatoms. The highest BCUT2D eigenvalue weighted by Crippen LogP contribution is 2.31. The smallest absolute Gasteiger partial charge is 0.354 e. The van der Waals surface area contributed by atoms with Crippen molar-refractivity contribution >= 4 is 16.9 Å². The van der Waals surface area contributed by atoms with Gasteiger partial charge in [-0.25, -0.2) is 9.78 Å². The Hall–Kier alpha value is -3.12. The molecule has 0 saturated heterocycles. The monoisotopic (exact) mass is 324 g/mol. The van der Waals surface area contributed by atoms with E-state index >= 15 is 0 Å².